The van der Waals surface area contributed by atoms with E-state index in [1.165, 1.54) is 12.1 Å². The number of benzene rings is 2. The second kappa shape index (κ2) is 6.27. The molecule has 0 aliphatic carbocycles. The van der Waals surface area contributed by atoms with Gasteiger partial charge in [0.05, 0.1) is 0 Å². The molecular formula is C16H14N2O5. The fourth-order valence-electron chi connectivity index (χ4n) is 2.04. The highest BCUT2D eigenvalue weighted by Crippen LogP contribution is 2.34. The highest BCUT2D eigenvalue weighted by atomic mass is 16.7. The monoisotopic (exact) mass is 314 g/mol. The SMILES string of the molecule is NC(=O)c1ccc(OCC(=O)Nc2ccc3c(c2)OCO3)cc1. The summed E-state index contributed by atoms with van der Waals surface area (Å²) in [6.07, 6.45) is 0. The second-order valence-corrected chi connectivity index (χ2v) is 4.79. The predicted molar refractivity (Wildman–Crippen MR) is 81.6 cm³/mol. The number of carbonyl (C=O) groups excluding carboxylic acids is 2. The van der Waals surface area contributed by atoms with Crippen LogP contribution in [0, 0.1) is 0 Å². The molecular weight excluding hydrogens is 300 g/mol. The van der Waals surface area contributed by atoms with Gasteiger partial charge in [0.25, 0.3) is 5.91 Å². The summed E-state index contributed by atoms with van der Waals surface area (Å²) >= 11 is 0. The molecule has 2 amide bonds. The summed E-state index contributed by atoms with van der Waals surface area (Å²) in [6, 6.07) is 11.3. The van der Waals surface area contributed by atoms with Crippen LogP contribution >= 0.6 is 0 Å². The Morgan fingerprint density at radius 3 is 2.57 bits per heavy atom. The number of hydrogen-bond donors (Lipinski definition) is 2. The molecule has 3 N–H and O–H groups in total. The van der Waals surface area contributed by atoms with Gasteiger partial charge < -0.3 is 25.3 Å². The van der Waals surface area contributed by atoms with E-state index < -0.39 is 5.91 Å². The van der Waals surface area contributed by atoms with E-state index in [0.29, 0.717) is 28.5 Å². The number of fused-ring (bicyclic) bond motifs is 1. The van der Waals surface area contributed by atoms with Crippen molar-refractivity contribution in [3.8, 4) is 17.2 Å². The van der Waals surface area contributed by atoms with Crippen molar-refractivity contribution in [2.75, 3.05) is 18.7 Å². The van der Waals surface area contributed by atoms with Crippen LogP contribution in [0.15, 0.2) is 42.5 Å². The van der Waals surface area contributed by atoms with Crippen molar-refractivity contribution in [3.63, 3.8) is 0 Å². The van der Waals surface area contributed by atoms with Gasteiger partial charge in [-0.1, -0.05) is 0 Å². The molecule has 0 spiro atoms. The van der Waals surface area contributed by atoms with Gasteiger partial charge >= 0.3 is 0 Å². The number of nitrogens with one attached hydrogen (secondary N) is 1. The molecule has 7 nitrogen and oxygen atoms in total. The van der Waals surface area contributed by atoms with E-state index in [0.717, 1.165) is 0 Å². The number of carbonyl (C=O) groups is 2. The van der Waals surface area contributed by atoms with Crippen LogP contribution in [0.3, 0.4) is 0 Å². The quantitative estimate of drug-likeness (QED) is 0.872. The van der Waals surface area contributed by atoms with Crippen LogP contribution in [0.25, 0.3) is 0 Å². The summed E-state index contributed by atoms with van der Waals surface area (Å²) in [7, 11) is 0. The minimum atomic E-state index is -0.517. The van der Waals surface area contributed by atoms with Gasteiger partial charge in [-0.2, -0.15) is 0 Å². The van der Waals surface area contributed by atoms with Crippen LogP contribution < -0.4 is 25.3 Å². The second-order valence-electron chi connectivity index (χ2n) is 4.79. The first-order valence-corrected chi connectivity index (χ1v) is 6.84. The Morgan fingerprint density at radius 2 is 1.83 bits per heavy atom. The Labute approximate surface area is 131 Å². The van der Waals surface area contributed by atoms with Crippen molar-refractivity contribution in [2.45, 2.75) is 0 Å². The third kappa shape index (κ3) is 3.52. The standard InChI is InChI=1S/C16H14N2O5/c17-16(20)10-1-4-12(5-2-10)21-8-15(19)18-11-3-6-13-14(7-11)23-9-22-13/h1-7H,8-9H2,(H2,17,20)(H,18,19). The zero-order valence-corrected chi connectivity index (χ0v) is 12.1. The molecule has 118 valence electrons. The maximum Gasteiger partial charge on any atom is 0.262 e. The molecule has 0 fully saturated rings. The molecule has 3 rings (SSSR count). The average Bonchev–Trinajstić information content (AvgIpc) is 3.01. The number of hydrogen-bond acceptors (Lipinski definition) is 5. The Hall–Kier alpha value is -3.22. The lowest BCUT2D eigenvalue weighted by Gasteiger charge is -2.08. The molecule has 1 aliphatic rings. The Bertz CT molecular complexity index is 743. The van der Waals surface area contributed by atoms with Crippen LogP contribution in [0.5, 0.6) is 17.2 Å². The van der Waals surface area contributed by atoms with Gasteiger partial charge in [0.15, 0.2) is 18.1 Å². The van der Waals surface area contributed by atoms with Gasteiger partial charge in [0.1, 0.15) is 5.75 Å². The largest absolute Gasteiger partial charge is 0.484 e. The van der Waals surface area contributed by atoms with Gasteiger partial charge in [0.2, 0.25) is 12.7 Å². The lowest BCUT2D eigenvalue weighted by molar-refractivity contribution is -0.118. The van der Waals surface area contributed by atoms with Crippen molar-refractivity contribution >= 4 is 17.5 Å². The predicted octanol–water partition coefficient (Wildman–Crippen LogP) is 1.53. The molecule has 0 bridgehead atoms. The molecule has 2 aromatic rings. The van der Waals surface area contributed by atoms with E-state index >= 15 is 0 Å². The van der Waals surface area contributed by atoms with Crippen LogP contribution in [-0.4, -0.2) is 25.2 Å². The summed E-state index contributed by atoms with van der Waals surface area (Å²) in [5.41, 5.74) is 6.11. The number of anilines is 1. The van der Waals surface area contributed by atoms with Crippen LogP contribution in [0.2, 0.25) is 0 Å². The number of nitrogens with two attached hydrogens (primary N) is 1. The Morgan fingerprint density at radius 1 is 1.09 bits per heavy atom. The molecule has 23 heavy (non-hydrogen) atoms. The smallest absolute Gasteiger partial charge is 0.262 e. The molecule has 7 heteroatoms. The fourth-order valence-corrected chi connectivity index (χ4v) is 2.04. The van der Waals surface area contributed by atoms with E-state index in [-0.39, 0.29) is 19.3 Å². The number of amides is 2. The first-order chi connectivity index (χ1) is 11.1. The van der Waals surface area contributed by atoms with Crippen molar-refractivity contribution in [3.05, 3.63) is 48.0 Å². The van der Waals surface area contributed by atoms with E-state index in [4.69, 9.17) is 19.9 Å². The highest BCUT2D eigenvalue weighted by molar-refractivity contribution is 5.93. The van der Waals surface area contributed by atoms with Crippen molar-refractivity contribution < 1.29 is 23.8 Å². The van der Waals surface area contributed by atoms with E-state index in [9.17, 15) is 9.59 Å². The topological polar surface area (TPSA) is 99.9 Å². The summed E-state index contributed by atoms with van der Waals surface area (Å²) in [6.45, 7) is 0.0154. The zero-order valence-electron chi connectivity index (χ0n) is 12.1. The minimum absolute atomic E-state index is 0.162. The van der Waals surface area contributed by atoms with Crippen LogP contribution in [-0.2, 0) is 4.79 Å². The maximum atomic E-state index is 11.9. The molecule has 0 aromatic heterocycles. The van der Waals surface area contributed by atoms with Gasteiger partial charge in [-0.05, 0) is 36.4 Å². The lowest BCUT2D eigenvalue weighted by atomic mass is 10.2. The maximum absolute atomic E-state index is 11.9. The van der Waals surface area contributed by atoms with Crippen LogP contribution in [0.1, 0.15) is 10.4 Å². The molecule has 0 atom stereocenters. The molecule has 0 saturated carbocycles. The Balaban J connectivity index is 1.54. The normalized spacial score (nSPS) is 11.8. The third-order valence-electron chi connectivity index (χ3n) is 3.17. The van der Waals surface area contributed by atoms with Gasteiger partial charge in [0, 0.05) is 17.3 Å². The summed E-state index contributed by atoms with van der Waals surface area (Å²) in [4.78, 5) is 22.8. The first-order valence-electron chi connectivity index (χ1n) is 6.84. The average molecular weight is 314 g/mol. The molecule has 2 aromatic carbocycles. The summed E-state index contributed by atoms with van der Waals surface area (Å²) in [5.74, 6) is 0.871. The number of ether oxygens (including phenoxy) is 3. The Kier molecular flexibility index (Phi) is 4.01. The zero-order chi connectivity index (χ0) is 16.2. The molecule has 0 radical (unpaired) electrons. The lowest BCUT2D eigenvalue weighted by Crippen LogP contribution is -2.20. The van der Waals surface area contributed by atoms with E-state index in [1.807, 2.05) is 0 Å². The van der Waals surface area contributed by atoms with Gasteiger partial charge in [-0.25, -0.2) is 0 Å². The molecule has 1 heterocycles. The van der Waals surface area contributed by atoms with Gasteiger partial charge in [-0.15, -0.1) is 0 Å². The number of primary amides is 1. The van der Waals surface area contributed by atoms with Crippen molar-refractivity contribution in [1.29, 1.82) is 0 Å². The molecule has 0 saturated heterocycles. The van der Waals surface area contributed by atoms with Crippen LogP contribution in [0.4, 0.5) is 5.69 Å². The van der Waals surface area contributed by atoms with E-state index in [1.54, 1.807) is 30.3 Å². The fraction of sp³-hybridized carbons (Fsp3) is 0.125. The van der Waals surface area contributed by atoms with Crippen molar-refractivity contribution in [1.82, 2.24) is 0 Å². The van der Waals surface area contributed by atoms with Crippen molar-refractivity contribution in [2.24, 2.45) is 5.73 Å². The summed E-state index contributed by atoms with van der Waals surface area (Å²) < 4.78 is 15.8. The molecule has 1 aliphatic heterocycles. The molecule has 0 unspecified atom stereocenters. The summed E-state index contributed by atoms with van der Waals surface area (Å²) in [5, 5.41) is 2.70. The van der Waals surface area contributed by atoms with E-state index in [2.05, 4.69) is 5.32 Å². The number of rotatable bonds is 5. The highest BCUT2D eigenvalue weighted by Gasteiger charge is 2.14. The third-order valence-corrected chi connectivity index (χ3v) is 3.17. The first kappa shape index (κ1) is 14.7. The minimum Gasteiger partial charge on any atom is -0.484 e. The van der Waals surface area contributed by atoms with Gasteiger partial charge in [-0.3, -0.25) is 9.59 Å².